The minimum atomic E-state index is -0.591. The molecule has 1 N–H and O–H groups in total. The molecule has 0 radical (unpaired) electrons. The van der Waals surface area contributed by atoms with Gasteiger partial charge in [0.1, 0.15) is 11.3 Å². The number of carbonyl (C=O) groups excluding carboxylic acids is 1. The van der Waals surface area contributed by atoms with Crippen molar-refractivity contribution >= 4 is 5.97 Å². The van der Waals surface area contributed by atoms with Crippen LogP contribution < -0.4 is 0 Å². The van der Waals surface area contributed by atoms with Crippen molar-refractivity contribution in [2.24, 2.45) is 0 Å². The third-order valence-corrected chi connectivity index (χ3v) is 3.66. The van der Waals surface area contributed by atoms with E-state index in [0.717, 1.165) is 25.7 Å². The summed E-state index contributed by atoms with van der Waals surface area (Å²) in [4.78, 5) is 13.5. The fourth-order valence-electron chi connectivity index (χ4n) is 2.75. The van der Waals surface area contributed by atoms with Crippen LogP contribution in [0.1, 0.15) is 41.8 Å². The van der Waals surface area contributed by atoms with Gasteiger partial charge in [0, 0.05) is 6.54 Å². The summed E-state index contributed by atoms with van der Waals surface area (Å²) in [6, 6.07) is 1.61. The van der Waals surface area contributed by atoms with Gasteiger partial charge in [-0.2, -0.15) is 0 Å². The zero-order valence-electron chi connectivity index (χ0n) is 11.5. The van der Waals surface area contributed by atoms with Gasteiger partial charge in [-0.25, -0.2) is 4.79 Å². The third kappa shape index (κ3) is 3.36. The Morgan fingerprint density at radius 2 is 2.21 bits per heavy atom. The van der Waals surface area contributed by atoms with E-state index in [9.17, 15) is 9.90 Å². The summed E-state index contributed by atoms with van der Waals surface area (Å²) in [5, 5.41) is 10.4. The third-order valence-electron chi connectivity index (χ3n) is 3.66. The predicted octanol–water partition coefficient (Wildman–Crippen LogP) is 1.80. The fourth-order valence-corrected chi connectivity index (χ4v) is 2.75. The molecule has 1 aliphatic rings. The van der Waals surface area contributed by atoms with E-state index in [1.165, 1.54) is 13.4 Å². The lowest BCUT2D eigenvalue weighted by Gasteiger charge is -2.28. The molecular weight excluding hydrogens is 246 g/mol. The highest BCUT2D eigenvalue weighted by Gasteiger charge is 2.32. The van der Waals surface area contributed by atoms with Crippen molar-refractivity contribution in [3.05, 3.63) is 23.7 Å². The standard InChI is InChI=1S/C14H21NO4/c1-15(10-14(17)6-3-4-7-14)9-12-11(5-8-19-12)13(16)18-2/h5,8,17H,3-4,6-7,9-10H2,1-2H3. The lowest BCUT2D eigenvalue weighted by Crippen LogP contribution is -2.38. The summed E-state index contributed by atoms with van der Waals surface area (Å²) >= 11 is 0. The number of carbonyl (C=O) groups is 1. The number of hydrogen-bond acceptors (Lipinski definition) is 5. The molecule has 5 nitrogen and oxygen atoms in total. The van der Waals surface area contributed by atoms with Gasteiger partial charge < -0.3 is 14.3 Å². The van der Waals surface area contributed by atoms with E-state index >= 15 is 0 Å². The molecule has 1 aromatic heterocycles. The number of esters is 1. The second kappa shape index (κ2) is 5.75. The van der Waals surface area contributed by atoms with E-state index < -0.39 is 11.6 Å². The van der Waals surface area contributed by atoms with Crippen LogP contribution in [0.5, 0.6) is 0 Å². The van der Waals surface area contributed by atoms with Crippen LogP contribution >= 0.6 is 0 Å². The van der Waals surface area contributed by atoms with Crippen LogP contribution in [0.3, 0.4) is 0 Å². The molecule has 0 unspecified atom stereocenters. The summed E-state index contributed by atoms with van der Waals surface area (Å²) < 4.78 is 10.0. The number of furan rings is 1. The van der Waals surface area contributed by atoms with Crippen LogP contribution in [0.15, 0.2) is 16.7 Å². The van der Waals surface area contributed by atoms with Crippen LogP contribution in [0.25, 0.3) is 0 Å². The van der Waals surface area contributed by atoms with Crippen molar-refractivity contribution in [1.29, 1.82) is 0 Å². The number of likely N-dealkylation sites (N-methyl/N-ethyl adjacent to an activating group) is 1. The molecule has 0 aromatic carbocycles. The van der Waals surface area contributed by atoms with Crippen LogP contribution in [0, 0.1) is 0 Å². The fraction of sp³-hybridized carbons (Fsp3) is 0.643. The number of rotatable bonds is 5. The highest BCUT2D eigenvalue weighted by atomic mass is 16.5. The first-order valence-corrected chi connectivity index (χ1v) is 6.60. The Bertz CT molecular complexity index is 434. The van der Waals surface area contributed by atoms with Gasteiger partial charge in [-0.1, -0.05) is 12.8 Å². The summed E-state index contributed by atoms with van der Waals surface area (Å²) in [6.07, 6.45) is 5.34. The summed E-state index contributed by atoms with van der Waals surface area (Å²) in [6.45, 7) is 1.08. The van der Waals surface area contributed by atoms with Gasteiger partial charge >= 0.3 is 5.97 Å². The first kappa shape index (κ1) is 14.1. The molecule has 1 fully saturated rings. The van der Waals surface area contributed by atoms with E-state index in [4.69, 9.17) is 9.15 Å². The Morgan fingerprint density at radius 1 is 1.53 bits per heavy atom. The monoisotopic (exact) mass is 267 g/mol. The molecule has 0 bridgehead atoms. The van der Waals surface area contributed by atoms with Crippen molar-refractivity contribution < 1.29 is 19.1 Å². The Kier molecular flexibility index (Phi) is 4.27. The van der Waals surface area contributed by atoms with Crippen LogP contribution in [-0.4, -0.2) is 42.3 Å². The van der Waals surface area contributed by atoms with E-state index in [1.807, 2.05) is 11.9 Å². The highest BCUT2D eigenvalue weighted by Crippen LogP contribution is 2.30. The SMILES string of the molecule is COC(=O)c1ccoc1CN(C)CC1(O)CCCC1. The summed E-state index contributed by atoms with van der Waals surface area (Å²) in [5.74, 6) is 0.188. The van der Waals surface area contributed by atoms with Crippen molar-refractivity contribution in [2.75, 3.05) is 20.7 Å². The Morgan fingerprint density at radius 3 is 2.84 bits per heavy atom. The van der Waals surface area contributed by atoms with E-state index in [0.29, 0.717) is 24.4 Å². The zero-order chi connectivity index (χ0) is 13.9. The molecule has 0 saturated heterocycles. The number of aliphatic hydroxyl groups is 1. The molecule has 0 atom stereocenters. The molecule has 0 amide bonds. The number of nitrogens with zero attached hydrogens (tertiary/aromatic N) is 1. The Labute approximate surface area is 113 Å². The topological polar surface area (TPSA) is 62.9 Å². The molecule has 1 saturated carbocycles. The average Bonchev–Trinajstić information content (AvgIpc) is 2.97. The average molecular weight is 267 g/mol. The lowest BCUT2D eigenvalue weighted by molar-refractivity contribution is 0.0130. The van der Waals surface area contributed by atoms with Crippen molar-refractivity contribution in [3.63, 3.8) is 0 Å². The van der Waals surface area contributed by atoms with E-state index in [1.54, 1.807) is 6.07 Å². The molecule has 5 heteroatoms. The maximum atomic E-state index is 11.5. The summed E-state index contributed by atoms with van der Waals surface area (Å²) in [5.41, 5.74) is -0.139. The van der Waals surface area contributed by atoms with Gasteiger partial charge in [-0.3, -0.25) is 4.90 Å². The van der Waals surface area contributed by atoms with Crippen molar-refractivity contribution in [2.45, 2.75) is 37.8 Å². The Balaban J connectivity index is 1.97. The quantitative estimate of drug-likeness (QED) is 0.824. The molecule has 106 valence electrons. The molecule has 0 spiro atoms. The van der Waals surface area contributed by atoms with Gasteiger partial charge in [0.15, 0.2) is 0 Å². The maximum absolute atomic E-state index is 11.5. The number of methoxy groups -OCH3 is 1. The number of ether oxygens (including phenoxy) is 1. The minimum absolute atomic E-state index is 0.392. The first-order valence-electron chi connectivity index (χ1n) is 6.60. The predicted molar refractivity (Wildman–Crippen MR) is 69.8 cm³/mol. The zero-order valence-corrected chi connectivity index (χ0v) is 11.5. The van der Waals surface area contributed by atoms with Crippen LogP contribution in [0.2, 0.25) is 0 Å². The molecule has 1 heterocycles. The molecule has 2 rings (SSSR count). The van der Waals surface area contributed by atoms with Gasteiger partial charge in [-0.15, -0.1) is 0 Å². The molecule has 19 heavy (non-hydrogen) atoms. The van der Waals surface area contributed by atoms with Gasteiger partial charge in [0.2, 0.25) is 0 Å². The van der Waals surface area contributed by atoms with Crippen LogP contribution in [0.4, 0.5) is 0 Å². The molecule has 1 aromatic rings. The first-order chi connectivity index (χ1) is 9.04. The van der Waals surface area contributed by atoms with Gasteiger partial charge in [0.25, 0.3) is 0 Å². The second-order valence-corrected chi connectivity index (χ2v) is 5.35. The summed E-state index contributed by atoms with van der Waals surface area (Å²) in [7, 11) is 3.27. The maximum Gasteiger partial charge on any atom is 0.341 e. The molecule has 0 aliphatic heterocycles. The lowest BCUT2D eigenvalue weighted by atomic mass is 10.0. The van der Waals surface area contributed by atoms with Gasteiger partial charge in [-0.05, 0) is 26.0 Å². The van der Waals surface area contributed by atoms with Crippen molar-refractivity contribution in [3.8, 4) is 0 Å². The smallest absolute Gasteiger partial charge is 0.341 e. The Hall–Kier alpha value is -1.33. The number of hydrogen-bond donors (Lipinski definition) is 1. The second-order valence-electron chi connectivity index (χ2n) is 5.35. The minimum Gasteiger partial charge on any atom is -0.467 e. The van der Waals surface area contributed by atoms with E-state index in [2.05, 4.69) is 0 Å². The van der Waals surface area contributed by atoms with Crippen molar-refractivity contribution in [1.82, 2.24) is 4.90 Å². The van der Waals surface area contributed by atoms with Crippen LogP contribution in [-0.2, 0) is 11.3 Å². The van der Waals surface area contributed by atoms with Gasteiger partial charge in [0.05, 0.1) is 25.5 Å². The molecular formula is C14H21NO4. The largest absolute Gasteiger partial charge is 0.467 e. The normalized spacial score (nSPS) is 17.9. The highest BCUT2D eigenvalue weighted by molar-refractivity contribution is 5.90. The van der Waals surface area contributed by atoms with E-state index in [-0.39, 0.29) is 0 Å². The molecule has 1 aliphatic carbocycles.